The summed E-state index contributed by atoms with van der Waals surface area (Å²) >= 11 is 1.74. The smallest absolute Gasteiger partial charge is 0.318 e. The number of nitrogens with zero attached hydrogens (tertiary/aromatic N) is 2. The van der Waals surface area contributed by atoms with Gasteiger partial charge in [0.05, 0.1) is 12.6 Å². The first-order valence-electron chi connectivity index (χ1n) is 7.49. The van der Waals surface area contributed by atoms with Gasteiger partial charge in [0.25, 0.3) is 0 Å². The minimum absolute atomic E-state index is 0.0367. The molecule has 22 heavy (non-hydrogen) atoms. The molecule has 0 aliphatic rings. The van der Waals surface area contributed by atoms with E-state index in [-0.39, 0.29) is 18.1 Å². The molecule has 5 heteroatoms. The molecule has 2 aromatic heterocycles. The van der Waals surface area contributed by atoms with Crippen LogP contribution >= 0.6 is 11.3 Å². The van der Waals surface area contributed by atoms with Gasteiger partial charge in [0.15, 0.2) is 0 Å². The van der Waals surface area contributed by atoms with Gasteiger partial charge in [0, 0.05) is 28.2 Å². The lowest BCUT2D eigenvalue weighted by Gasteiger charge is -2.28. The van der Waals surface area contributed by atoms with E-state index in [0.717, 1.165) is 5.56 Å². The van der Waals surface area contributed by atoms with Crippen molar-refractivity contribution in [3.63, 3.8) is 0 Å². The second kappa shape index (κ2) is 7.40. The Hall–Kier alpha value is -1.88. The van der Waals surface area contributed by atoms with Crippen LogP contribution in [-0.4, -0.2) is 22.0 Å². The Kier molecular flexibility index (Phi) is 5.55. The van der Waals surface area contributed by atoms with Crippen LogP contribution in [0.5, 0.6) is 0 Å². The highest BCUT2D eigenvalue weighted by Crippen LogP contribution is 2.19. The normalized spacial score (nSPS) is 12.2. The van der Waals surface area contributed by atoms with Crippen molar-refractivity contribution in [3.8, 4) is 0 Å². The van der Waals surface area contributed by atoms with Gasteiger partial charge in [-0.1, -0.05) is 0 Å². The second-order valence-electron chi connectivity index (χ2n) is 5.69. The maximum absolute atomic E-state index is 12.6. The summed E-state index contributed by atoms with van der Waals surface area (Å²) in [5, 5.41) is 3.07. The zero-order valence-corrected chi connectivity index (χ0v) is 14.4. The number of hydrogen-bond donors (Lipinski definition) is 1. The number of aromatic nitrogens is 1. The first-order valence-corrected chi connectivity index (χ1v) is 8.31. The summed E-state index contributed by atoms with van der Waals surface area (Å²) in [6, 6.07) is 8.10. The standard InChI is InChI=1S/C17H23N3OS/c1-12(2)20(11-16-6-5-13(3)22-16)17(21)19-14(4)15-7-9-18-10-8-15/h5-10,12,14H,11H2,1-4H3,(H,19,21)/t14-/m0/s1. The second-order valence-corrected chi connectivity index (χ2v) is 7.06. The summed E-state index contributed by atoms with van der Waals surface area (Å²) in [6.45, 7) is 8.79. The third-order valence-electron chi connectivity index (χ3n) is 3.55. The molecule has 0 aliphatic carbocycles. The number of carbonyl (C=O) groups is 1. The van der Waals surface area contributed by atoms with Gasteiger partial charge in [-0.3, -0.25) is 4.98 Å². The number of carbonyl (C=O) groups excluding carboxylic acids is 1. The van der Waals surface area contributed by atoms with Gasteiger partial charge in [-0.15, -0.1) is 11.3 Å². The van der Waals surface area contributed by atoms with Crippen LogP contribution in [-0.2, 0) is 6.54 Å². The minimum atomic E-state index is -0.0400. The van der Waals surface area contributed by atoms with Crippen molar-refractivity contribution in [3.05, 3.63) is 52.0 Å². The molecule has 0 radical (unpaired) electrons. The Morgan fingerprint density at radius 3 is 2.45 bits per heavy atom. The fourth-order valence-electron chi connectivity index (χ4n) is 2.23. The monoisotopic (exact) mass is 317 g/mol. The van der Waals surface area contributed by atoms with Crippen LogP contribution in [0.25, 0.3) is 0 Å². The molecule has 0 saturated carbocycles. The van der Waals surface area contributed by atoms with Gasteiger partial charge in [-0.2, -0.15) is 0 Å². The zero-order chi connectivity index (χ0) is 16.1. The molecule has 1 atom stereocenters. The molecule has 1 N–H and O–H groups in total. The fraction of sp³-hybridized carbons (Fsp3) is 0.412. The van der Waals surface area contributed by atoms with Crippen LogP contribution in [0.3, 0.4) is 0 Å². The molecule has 0 aliphatic heterocycles. The number of aryl methyl sites for hydroxylation is 1. The minimum Gasteiger partial charge on any atom is -0.331 e. The lowest BCUT2D eigenvalue weighted by Crippen LogP contribution is -2.44. The topological polar surface area (TPSA) is 45.2 Å². The van der Waals surface area contributed by atoms with Crippen molar-refractivity contribution < 1.29 is 4.79 Å². The molecular weight excluding hydrogens is 294 g/mol. The van der Waals surface area contributed by atoms with Gasteiger partial charge in [0.2, 0.25) is 0 Å². The Morgan fingerprint density at radius 2 is 1.91 bits per heavy atom. The third-order valence-corrected chi connectivity index (χ3v) is 4.54. The number of nitrogens with one attached hydrogen (secondary N) is 1. The molecule has 4 nitrogen and oxygen atoms in total. The quantitative estimate of drug-likeness (QED) is 0.901. The van der Waals surface area contributed by atoms with E-state index in [4.69, 9.17) is 0 Å². The van der Waals surface area contributed by atoms with Gasteiger partial charge >= 0.3 is 6.03 Å². The number of rotatable bonds is 5. The van der Waals surface area contributed by atoms with Crippen LogP contribution in [0.15, 0.2) is 36.7 Å². The number of amides is 2. The molecule has 2 heterocycles. The maximum atomic E-state index is 12.6. The van der Waals surface area contributed by atoms with E-state index in [1.54, 1.807) is 23.7 Å². The molecule has 0 spiro atoms. The Bertz CT molecular complexity index is 609. The lowest BCUT2D eigenvalue weighted by atomic mass is 10.1. The van der Waals surface area contributed by atoms with Crippen LogP contribution < -0.4 is 5.32 Å². The predicted molar refractivity (Wildman–Crippen MR) is 90.9 cm³/mol. The third kappa shape index (κ3) is 4.31. The van der Waals surface area contributed by atoms with E-state index in [1.807, 2.05) is 37.8 Å². The molecule has 118 valence electrons. The maximum Gasteiger partial charge on any atom is 0.318 e. The van der Waals surface area contributed by atoms with E-state index in [2.05, 4.69) is 29.4 Å². The highest BCUT2D eigenvalue weighted by Gasteiger charge is 2.20. The summed E-state index contributed by atoms with van der Waals surface area (Å²) in [5.74, 6) is 0. The molecule has 0 bridgehead atoms. The van der Waals surface area contributed by atoms with Gasteiger partial charge in [0.1, 0.15) is 0 Å². The SMILES string of the molecule is Cc1ccc(CN(C(=O)N[C@@H](C)c2ccncc2)C(C)C)s1. The van der Waals surface area contributed by atoms with Crippen molar-refractivity contribution in [2.24, 2.45) is 0 Å². The molecule has 2 amide bonds. The number of hydrogen-bond acceptors (Lipinski definition) is 3. The summed E-state index contributed by atoms with van der Waals surface area (Å²) in [7, 11) is 0. The number of urea groups is 1. The number of thiophene rings is 1. The van der Waals surface area contributed by atoms with Crippen LogP contribution in [0.1, 0.15) is 42.1 Å². The largest absolute Gasteiger partial charge is 0.331 e. The van der Waals surface area contributed by atoms with Crippen molar-refractivity contribution in [2.75, 3.05) is 0 Å². The van der Waals surface area contributed by atoms with Crippen molar-refractivity contribution in [2.45, 2.75) is 46.3 Å². The molecule has 0 aromatic carbocycles. The fourth-order valence-corrected chi connectivity index (χ4v) is 3.12. The number of pyridine rings is 1. The van der Waals surface area contributed by atoms with Crippen LogP contribution in [0.4, 0.5) is 4.79 Å². The first kappa shape index (κ1) is 16.5. The molecule has 0 fully saturated rings. The average molecular weight is 317 g/mol. The molecular formula is C17H23N3OS. The Labute approximate surface area is 136 Å². The van der Waals surface area contributed by atoms with E-state index >= 15 is 0 Å². The Balaban J connectivity index is 2.03. The summed E-state index contributed by atoms with van der Waals surface area (Å²) < 4.78 is 0. The van der Waals surface area contributed by atoms with Crippen molar-refractivity contribution in [1.29, 1.82) is 0 Å². The van der Waals surface area contributed by atoms with Crippen LogP contribution in [0, 0.1) is 6.92 Å². The highest BCUT2D eigenvalue weighted by atomic mass is 32.1. The summed E-state index contributed by atoms with van der Waals surface area (Å²) in [6.07, 6.45) is 3.49. The Morgan fingerprint density at radius 1 is 1.23 bits per heavy atom. The molecule has 2 aromatic rings. The summed E-state index contributed by atoms with van der Waals surface area (Å²) in [4.78, 5) is 20.9. The van der Waals surface area contributed by atoms with E-state index < -0.39 is 0 Å². The van der Waals surface area contributed by atoms with Crippen molar-refractivity contribution in [1.82, 2.24) is 15.2 Å². The molecule has 2 rings (SSSR count). The van der Waals surface area contributed by atoms with Gasteiger partial charge in [-0.25, -0.2) is 4.79 Å². The van der Waals surface area contributed by atoms with Gasteiger partial charge in [-0.05, 0) is 57.5 Å². The molecule has 0 saturated heterocycles. The van der Waals surface area contributed by atoms with E-state index in [9.17, 15) is 4.79 Å². The van der Waals surface area contributed by atoms with E-state index in [0.29, 0.717) is 6.54 Å². The van der Waals surface area contributed by atoms with E-state index in [1.165, 1.54) is 9.75 Å². The van der Waals surface area contributed by atoms with Crippen molar-refractivity contribution >= 4 is 17.4 Å². The summed E-state index contributed by atoms with van der Waals surface area (Å²) in [5.41, 5.74) is 1.05. The van der Waals surface area contributed by atoms with Gasteiger partial charge < -0.3 is 10.2 Å². The lowest BCUT2D eigenvalue weighted by molar-refractivity contribution is 0.177. The highest BCUT2D eigenvalue weighted by molar-refractivity contribution is 7.11. The first-order chi connectivity index (χ1) is 10.5. The molecule has 0 unspecified atom stereocenters. The zero-order valence-electron chi connectivity index (χ0n) is 13.5. The van der Waals surface area contributed by atoms with Crippen LogP contribution in [0.2, 0.25) is 0 Å². The average Bonchev–Trinajstić information content (AvgIpc) is 2.90. The predicted octanol–water partition coefficient (Wildman–Crippen LogP) is 4.13.